The summed E-state index contributed by atoms with van der Waals surface area (Å²) in [6.07, 6.45) is -3.25. The fourth-order valence-corrected chi connectivity index (χ4v) is 5.85. The molecule has 1 unspecified atom stereocenters. The lowest BCUT2D eigenvalue weighted by Gasteiger charge is -2.46. The minimum atomic E-state index is -1.86. The van der Waals surface area contributed by atoms with Gasteiger partial charge in [-0.25, -0.2) is 0 Å². The maximum absolute atomic E-state index is 13.2. The summed E-state index contributed by atoms with van der Waals surface area (Å²) in [6.45, 7) is 17.5. The highest BCUT2D eigenvalue weighted by molar-refractivity contribution is 5.83. The fourth-order valence-electron chi connectivity index (χ4n) is 5.85. The Balaban J connectivity index is 3.60. The van der Waals surface area contributed by atoms with Crippen molar-refractivity contribution in [1.29, 1.82) is 0 Å². The van der Waals surface area contributed by atoms with Crippen LogP contribution in [0.4, 0.5) is 0 Å². The number of esters is 1. The highest BCUT2D eigenvalue weighted by Crippen LogP contribution is 2.42. The summed E-state index contributed by atoms with van der Waals surface area (Å²) in [5.41, 5.74) is -3.18. The molecule has 7 heteroatoms. The Labute approximate surface area is 199 Å². The van der Waals surface area contributed by atoms with Crippen molar-refractivity contribution in [2.45, 2.75) is 112 Å². The monoisotopic (exact) mass is 472 g/mol. The number of hydrogen-bond donors (Lipinski definition) is 4. The summed E-state index contributed by atoms with van der Waals surface area (Å²) in [5, 5.41) is 44.8. The van der Waals surface area contributed by atoms with E-state index in [0.717, 1.165) is 0 Å². The highest BCUT2D eigenvalue weighted by atomic mass is 16.6. The van der Waals surface area contributed by atoms with Gasteiger partial charge in [0.05, 0.1) is 23.7 Å². The number of aliphatic hydroxyl groups excluding tert-OH is 2. The SMILES string of the molecule is CC[C@H]1OC(=O)[C@H](C)[C@@H](O)[C@H](C)[C@@H](C(C)C(C)C)[C@](C)(O)C[C@@H](C)C(=O)[C@H](C)[C@@H](O)[C@]1(C)O. The van der Waals surface area contributed by atoms with Gasteiger partial charge >= 0.3 is 5.97 Å². The molecule has 0 radical (unpaired) electrons. The molecule has 0 aliphatic carbocycles. The summed E-state index contributed by atoms with van der Waals surface area (Å²) >= 11 is 0. The molecule has 0 aromatic carbocycles. The standard InChI is InChI=1S/C26H48O7/c1-11-19-26(10,32)23(29)17(7)21(27)14(4)12-25(9,31)20(15(5)13(2)3)16(6)22(28)18(8)24(30)33-19/h13-20,22-23,28-29,31-32H,11-12H2,1-10H3/t14-,15?,16-,17+,18-,19-,20-,22+,23-,25-,26-/m1/s1. The Morgan fingerprint density at radius 3 is 1.97 bits per heavy atom. The van der Waals surface area contributed by atoms with Gasteiger partial charge in [0, 0.05) is 11.8 Å². The summed E-state index contributed by atoms with van der Waals surface area (Å²) in [4.78, 5) is 26.2. The molecule has 1 aliphatic heterocycles. The number of carbonyl (C=O) groups is 2. The van der Waals surface area contributed by atoms with Crippen LogP contribution < -0.4 is 0 Å². The van der Waals surface area contributed by atoms with Gasteiger partial charge in [0.15, 0.2) is 0 Å². The topological polar surface area (TPSA) is 124 Å². The molecule has 4 N–H and O–H groups in total. The van der Waals surface area contributed by atoms with Crippen LogP contribution in [-0.4, -0.2) is 61.7 Å². The van der Waals surface area contributed by atoms with Crippen LogP contribution in [-0.2, 0) is 14.3 Å². The van der Waals surface area contributed by atoms with E-state index < -0.39 is 65.1 Å². The van der Waals surface area contributed by atoms with Gasteiger partial charge in [-0.3, -0.25) is 9.59 Å². The minimum Gasteiger partial charge on any atom is -0.459 e. The van der Waals surface area contributed by atoms with Crippen molar-refractivity contribution in [1.82, 2.24) is 0 Å². The zero-order valence-corrected chi connectivity index (χ0v) is 22.2. The van der Waals surface area contributed by atoms with Crippen molar-refractivity contribution in [2.24, 2.45) is 41.4 Å². The van der Waals surface area contributed by atoms with Crippen LogP contribution in [0.2, 0.25) is 0 Å². The van der Waals surface area contributed by atoms with Crippen LogP contribution in [0.1, 0.15) is 82.1 Å². The van der Waals surface area contributed by atoms with Gasteiger partial charge in [0.1, 0.15) is 17.5 Å². The van der Waals surface area contributed by atoms with E-state index in [1.54, 1.807) is 34.6 Å². The summed E-state index contributed by atoms with van der Waals surface area (Å²) in [6, 6.07) is 0. The zero-order valence-electron chi connectivity index (χ0n) is 22.2. The Bertz CT molecular complexity index is 672. The van der Waals surface area contributed by atoms with Gasteiger partial charge in [0.25, 0.3) is 0 Å². The Morgan fingerprint density at radius 1 is 1.00 bits per heavy atom. The van der Waals surface area contributed by atoms with Crippen LogP contribution >= 0.6 is 0 Å². The predicted octanol–water partition coefficient (Wildman–Crippen LogP) is 2.96. The molecular weight excluding hydrogens is 424 g/mol. The number of carbonyl (C=O) groups excluding carboxylic acids is 2. The van der Waals surface area contributed by atoms with Gasteiger partial charge < -0.3 is 25.2 Å². The molecule has 7 nitrogen and oxygen atoms in total. The average molecular weight is 473 g/mol. The van der Waals surface area contributed by atoms with E-state index in [1.807, 2.05) is 27.7 Å². The van der Waals surface area contributed by atoms with Crippen LogP contribution in [0, 0.1) is 41.4 Å². The van der Waals surface area contributed by atoms with E-state index in [1.165, 1.54) is 6.92 Å². The van der Waals surface area contributed by atoms with Crippen molar-refractivity contribution in [2.75, 3.05) is 0 Å². The average Bonchev–Trinajstić information content (AvgIpc) is 2.72. The van der Waals surface area contributed by atoms with Gasteiger partial charge in [-0.1, -0.05) is 48.5 Å². The largest absolute Gasteiger partial charge is 0.459 e. The van der Waals surface area contributed by atoms with Crippen molar-refractivity contribution < 1.29 is 34.8 Å². The molecule has 194 valence electrons. The van der Waals surface area contributed by atoms with Gasteiger partial charge in [-0.2, -0.15) is 0 Å². The van der Waals surface area contributed by atoms with Gasteiger partial charge in [-0.15, -0.1) is 0 Å². The first-order valence-electron chi connectivity index (χ1n) is 12.5. The Hall–Kier alpha value is -1.02. The van der Waals surface area contributed by atoms with Crippen molar-refractivity contribution in [3.8, 4) is 0 Å². The first-order valence-corrected chi connectivity index (χ1v) is 12.5. The van der Waals surface area contributed by atoms with E-state index in [9.17, 15) is 30.0 Å². The molecule has 0 amide bonds. The molecule has 11 atom stereocenters. The Kier molecular flexibility index (Phi) is 10.1. The number of ketones is 1. The van der Waals surface area contributed by atoms with E-state index in [0.29, 0.717) is 0 Å². The third-order valence-electron chi connectivity index (χ3n) is 8.33. The normalized spacial score (nSPS) is 45.4. The summed E-state index contributed by atoms with van der Waals surface area (Å²) in [7, 11) is 0. The quantitative estimate of drug-likeness (QED) is 0.466. The molecule has 0 saturated carbocycles. The molecule has 1 rings (SSSR count). The molecule has 0 aromatic rings. The second kappa shape index (κ2) is 11.1. The van der Waals surface area contributed by atoms with Crippen LogP contribution in [0.3, 0.4) is 0 Å². The second-order valence-corrected chi connectivity index (χ2v) is 11.4. The maximum atomic E-state index is 13.2. The second-order valence-electron chi connectivity index (χ2n) is 11.4. The Morgan fingerprint density at radius 2 is 1.52 bits per heavy atom. The first kappa shape index (κ1) is 30.0. The summed E-state index contributed by atoms with van der Waals surface area (Å²) in [5.74, 6) is -4.05. The zero-order chi connectivity index (χ0) is 26.0. The molecule has 0 bridgehead atoms. The van der Waals surface area contributed by atoms with E-state index in [2.05, 4.69) is 0 Å². The smallest absolute Gasteiger partial charge is 0.311 e. The number of ether oxygens (including phenoxy) is 1. The number of Topliss-reactive ketones (excluding diaryl/α,β-unsaturated/α-hetero) is 1. The van der Waals surface area contributed by atoms with Gasteiger partial charge in [-0.05, 0) is 57.3 Å². The van der Waals surface area contributed by atoms with Crippen molar-refractivity contribution in [3.63, 3.8) is 0 Å². The molecular formula is C26H48O7. The van der Waals surface area contributed by atoms with Gasteiger partial charge in [0.2, 0.25) is 0 Å². The lowest BCUT2D eigenvalue weighted by molar-refractivity contribution is -0.195. The molecule has 1 aliphatic rings. The van der Waals surface area contributed by atoms with Crippen LogP contribution in [0.25, 0.3) is 0 Å². The molecule has 1 heterocycles. The van der Waals surface area contributed by atoms with E-state index in [4.69, 9.17) is 4.74 Å². The first-order chi connectivity index (χ1) is 14.9. The third-order valence-corrected chi connectivity index (χ3v) is 8.33. The molecule has 1 saturated heterocycles. The van der Waals surface area contributed by atoms with Crippen LogP contribution in [0.15, 0.2) is 0 Å². The molecule has 0 aromatic heterocycles. The highest BCUT2D eigenvalue weighted by Gasteiger charge is 2.50. The van der Waals surface area contributed by atoms with Crippen molar-refractivity contribution >= 4 is 11.8 Å². The molecule has 1 fully saturated rings. The number of rotatable bonds is 3. The molecule has 33 heavy (non-hydrogen) atoms. The van der Waals surface area contributed by atoms with Crippen LogP contribution in [0.5, 0.6) is 0 Å². The third kappa shape index (κ3) is 6.36. The maximum Gasteiger partial charge on any atom is 0.311 e. The van der Waals surface area contributed by atoms with Crippen molar-refractivity contribution in [3.05, 3.63) is 0 Å². The number of hydrogen-bond acceptors (Lipinski definition) is 7. The molecule has 0 spiro atoms. The summed E-state index contributed by atoms with van der Waals surface area (Å²) < 4.78 is 5.58. The predicted molar refractivity (Wildman–Crippen MR) is 127 cm³/mol. The lowest BCUT2D eigenvalue weighted by Crippen LogP contribution is -2.57. The van der Waals surface area contributed by atoms with E-state index >= 15 is 0 Å². The number of aliphatic hydroxyl groups is 4. The van der Waals surface area contributed by atoms with E-state index in [-0.39, 0.29) is 30.5 Å². The minimum absolute atomic E-state index is 0.00443. The number of cyclic esters (lactones) is 1. The lowest BCUT2D eigenvalue weighted by atomic mass is 9.63. The fraction of sp³-hybridized carbons (Fsp3) is 0.923.